The number of carbonyl (C=O) groups is 2. The third-order valence-electron chi connectivity index (χ3n) is 4.83. The van der Waals surface area contributed by atoms with E-state index in [1.165, 1.54) is 0 Å². The van der Waals surface area contributed by atoms with Gasteiger partial charge in [-0.1, -0.05) is 44.2 Å². The van der Waals surface area contributed by atoms with E-state index < -0.39 is 0 Å². The summed E-state index contributed by atoms with van der Waals surface area (Å²) >= 11 is 0. The maximum absolute atomic E-state index is 12.7. The summed E-state index contributed by atoms with van der Waals surface area (Å²) in [6.45, 7) is 5.92. The number of hydrogen-bond acceptors (Lipinski definition) is 3. The standard InChI is InChI=1S/C20H25NO2/c1-20(2)13-17(22)19(18(23)14-20)16(21-10-6-7-11-21)12-15-8-4-3-5-9-15/h3-5,8-9H,6-7,10-14H2,1-2H3. The molecule has 2 fully saturated rings. The summed E-state index contributed by atoms with van der Waals surface area (Å²) in [5.74, 6) is 0.0631. The van der Waals surface area contributed by atoms with Gasteiger partial charge in [-0.05, 0) is 23.8 Å². The minimum atomic E-state index is -0.208. The summed E-state index contributed by atoms with van der Waals surface area (Å²) in [6.07, 6.45) is 3.90. The van der Waals surface area contributed by atoms with Crippen molar-refractivity contribution in [1.29, 1.82) is 0 Å². The Bertz CT molecular complexity index is 615. The second-order valence-corrected chi connectivity index (χ2v) is 7.54. The van der Waals surface area contributed by atoms with Crippen LogP contribution in [-0.4, -0.2) is 29.6 Å². The highest BCUT2D eigenvalue weighted by Gasteiger charge is 2.38. The van der Waals surface area contributed by atoms with Crippen molar-refractivity contribution in [2.24, 2.45) is 5.41 Å². The number of benzene rings is 1. The molecule has 0 unspecified atom stereocenters. The molecular weight excluding hydrogens is 286 g/mol. The van der Waals surface area contributed by atoms with E-state index in [1.807, 2.05) is 32.0 Å². The second kappa shape index (κ2) is 6.31. The average molecular weight is 311 g/mol. The highest BCUT2D eigenvalue weighted by molar-refractivity contribution is 6.22. The second-order valence-electron chi connectivity index (χ2n) is 7.54. The van der Waals surface area contributed by atoms with E-state index in [4.69, 9.17) is 0 Å². The topological polar surface area (TPSA) is 37.4 Å². The maximum Gasteiger partial charge on any atom is 0.168 e. The number of ketones is 2. The molecule has 0 atom stereocenters. The zero-order chi connectivity index (χ0) is 16.4. The van der Waals surface area contributed by atoms with Crippen LogP contribution in [0.4, 0.5) is 0 Å². The normalized spacial score (nSPS) is 21.0. The van der Waals surface area contributed by atoms with Crippen molar-refractivity contribution in [3.8, 4) is 0 Å². The Morgan fingerprint density at radius 3 is 2.13 bits per heavy atom. The van der Waals surface area contributed by atoms with E-state index in [2.05, 4.69) is 17.0 Å². The Hall–Kier alpha value is -1.90. The van der Waals surface area contributed by atoms with E-state index in [0.29, 0.717) is 24.8 Å². The molecule has 23 heavy (non-hydrogen) atoms. The first kappa shape index (κ1) is 16.0. The van der Waals surface area contributed by atoms with Crippen LogP contribution >= 0.6 is 0 Å². The van der Waals surface area contributed by atoms with E-state index in [1.54, 1.807) is 0 Å². The Balaban J connectivity index is 1.99. The summed E-state index contributed by atoms with van der Waals surface area (Å²) in [5, 5.41) is 0. The van der Waals surface area contributed by atoms with Gasteiger partial charge in [0.2, 0.25) is 0 Å². The maximum atomic E-state index is 12.7. The lowest BCUT2D eigenvalue weighted by Crippen LogP contribution is -2.35. The van der Waals surface area contributed by atoms with Crippen LogP contribution in [0.15, 0.2) is 41.6 Å². The Kier molecular flexibility index (Phi) is 4.38. The molecule has 0 bridgehead atoms. The zero-order valence-corrected chi connectivity index (χ0v) is 14.1. The van der Waals surface area contributed by atoms with Gasteiger partial charge in [-0.3, -0.25) is 9.59 Å². The van der Waals surface area contributed by atoms with Crippen LogP contribution in [0.3, 0.4) is 0 Å². The molecule has 2 aliphatic rings. The van der Waals surface area contributed by atoms with Crippen molar-refractivity contribution in [1.82, 2.24) is 4.90 Å². The molecule has 0 amide bonds. The zero-order valence-electron chi connectivity index (χ0n) is 14.1. The van der Waals surface area contributed by atoms with Crippen molar-refractivity contribution in [3.05, 3.63) is 47.2 Å². The van der Waals surface area contributed by atoms with Gasteiger partial charge in [0.15, 0.2) is 11.6 Å². The largest absolute Gasteiger partial charge is 0.374 e. The quantitative estimate of drug-likeness (QED) is 0.633. The Morgan fingerprint density at radius 1 is 1.00 bits per heavy atom. The molecule has 1 aromatic rings. The van der Waals surface area contributed by atoms with Gasteiger partial charge in [-0.2, -0.15) is 0 Å². The summed E-state index contributed by atoms with van der Waals surface area (Å²) in [7, 11) is 0. The molecule has 3 nitrogen and oxygen atoms in total. The molecule has 0 spiro atoms. The Labute approximate surface area is 138 Å². The summed E-state index contributed by atoms with van der Waals surface area (Å²) < 4.78 is 0. The molecule has 0 radical (unpaired) electrons. The lowest BCUT2D eigenvalue weighted by Gasteiger charge is -2.32. The van der Waals surface area contributed by atoms with Crippen molar-refractivity contribution in [2.75, 3.05) is 13.1 Å². The molecule has 1 aromatic carbocycles. The van der Waals surface area contributed by atoms with Crippen LogP contribution in [0.5, 0.6) is 0 Å². The van der Waals surface area contributed by atoms with Crippen molar-refractivity contribution in [3.63, 3.8) is 0 Å². The van der Waals surface area contributed by atoms with E-state index in [0.717, 1.165) is 37.2 Å². The first-order valence-electron chi connectivity index (χ1n) is 8.55. The van der Waals surface area contributed by atoms with Gasteiger partial charge in [0.25, 0.3) is 0 Å². The molecule has 3 rings (SSSR count). The van der Waals surface area contributed by atoms with Gasteiger partial charge < -0.3 is 4.90 Å². The molecule has 1 heterocycles. The predicted molar refractivity (Wildman–Crippen MR) is 91.0 cm³/mol. The molecule has 3 heteroatoms. The van der Waals surface area contributed by atoms with E-state index >= 15 is 0 Å². The minimum absolute atomic E-state index is 0.0316. The molecule has 1 saturated carbocycles. The highest BCUT2D eigenvalue weighted by atomic mass is 16.2. The fraction of sp³-hybridized carbons (Fsp3) is 0.500. The molecule has 1 saturated heterocycles. The summed E-state index contributed by atoms with van der Waals surface area (Å²) in [5.41, 5.74) is 2.39. The van der Waals surface area contributed by atoms with E-state index in [9.17, 15) is 9.59 Å². The number of allylic oxidation sites excluding steroid dienone is 2. The third kappa shape index (κ3) is 3.54. The van der Waals surface area contributed by atoms with Crippen LogP contribution < -0.4 is 0 Å². The van der Waals surface area contributed by atoms with Gasteiger partial charge in [0, 0.05) is 38.0 Å². The van der Waals surface area contributed by atoms with Crippen LogP contribution in [0.2, 0.25) is 0 Å². The number of nitrogens with zero attached hydrogens (tertiary/aromatic N) is 1. The van der Waals surface area contributed by atoms with Gasteiger partial charge in [-0.25, -0.2) is 0 Å². The molecule has 1 aliphatic carbocycles. The van der Waals surface area contributed by atoms with Gasteiger partial charge >= 0.3 is 0 Å². The van der Waals surface area contributed by atoms with Crippen LogP contribution in [0.1, 0.15) is 45.1 Å². The number of carbonyl (C=O) groups excluding carboxylic acids is 2. The lowest BCUT2D eigenvalue weighted by molar-refractivity contribution is -0.127. The fourth-order valence-corrected chi connectivity index (χ4v) is 3.72. The summed E-state index contributed by atoms with van der Waals surface area (Å²) in [6, 6.07) is 10.1. The van der Waals surface area contributed by atoms with Gasteiger partial charge in [0.05, 0.1) is 5.57 Å². The summed E-state index contributed by atoms with van der Waals surface area (Å²) in [4.78, 5) is 27.7. The van der Waals surface area contributed by atoms with Crippen LogP contribution in [0.25, 0.3) is 0 Å². The predicted octanol–water partition coefficient (Wildman–Crippen LogP) is 3.54. The first-order chi connectivity index (χ1) is 11.0. The molecule has 0 N–H and O–H groups in total. The van der Waals surface area contributed by atoms with Crippen molar-refractivity contribution >= 4 is 11.6 Å². The van der Waals surface area contributed by atoms with Crippen molar-refractivity contribution < 1.29 is 9.59 Å². The first-order valence-corrected chi connectivity index (χ1v) is 8.55. The molecule has 0 aromatic heterocycles. The van der Waals surface area contributed by atoms with Gasteiger partial charge in [0.1, 0.15) is 0 Å². The van der Waals surface area contributed by atoms with Crippen LogP contribution in [0, 0.1) is 5.41 Å². The van der Waals surface area contributed by atoms with Crippen molar-refractivity contribution in [2.45, 2.75) is 46.0 Å². The third-order valence-corrected chi connectivity index (χ3v) is 4.83. The molecule has 122 valence electrons. The SMILES string of the molecule is CC1(C)CC(=O)C(=C(Cc2ccccc2)N2CCCC2)C(=O)C1. The van der Waals surface area contributed by atoms with E-state index in [-0.39, 0.29) is 17.0 Å². The number of likely N-dealkylation sites (tertiary alicyclic amines) is 1. The number of Topliss-reactive ketones (excluding diaryl/α,β-unsaturated/α-hetero) is 2. The Morgan fingerprint density at radius 2 is 1.57 bits per heavy atom. The van der Waals surface area contributed by atoms with Gasteiger partial charge in [-0.15, -0.1) is 0 Å². The number of rotatable bonds is 3. The number of hydrogen-bond donors (Lipinski definition) is 0. The fourth-order valence-electron chi connectivity index (χ4n) is 3.72. The molecule has 1 aliphatic heterocycles. The molecular formula is C20H25NO2. The lowest BCUT2D eigenvalue weighted by atomic mass is 9.73. The smallest absolute Gasteiger partial charge is 0.168 e. The minimum Gasteiger partial charge on any atom is -0.374 e. The van der Waals surface area contributed by atoms with Crippen LogP contribution in [-0.2, 0) is 16.0 Å². The highest BCUT2D eigenvalue weighted by Crippen LogP contribution is 2.36. The average Bonchev–Trinajstić information content (AvgIpc) is 2.99. The monoisotopic (exact) mass is 311 g/mol.